The molecule has 2 rings (SSSR count). The number of ether oxygens (including phenoxy) is 1. The van der Waals surface area contributed by atoms with Crippen LogP contribution in [0.1, 0.15) is 35.3 Å². The van der Waals surface area contributed by atoms with E-state index < -0.39 is 0 Å². The molecule has 0 radical (unpaired) electrons. The van der Waals surface area contributed by atoms with Gasteiger partial charge in [0.15, 0.2) is 0 Å². The van der Waals surface area contributed by atoms with Crippen LogP contribution in [-0.2, 0) is 4.74 Å². The van der Waals surface area contributed by atoms with Crippen molar-refractivity contribution in [2.24, 2.45) is 5.41 Å². The van der Waals surface area contributed by atoms with E-state index in [1.807, 2.05) is 6.92 Å². The van der Waals surface area contributed by atoms with Gasteiger partial charge < -0.3 is 15.8 Å². The standard InChI is InChI=1S/C14H21N3O2/c1-10-7-12(15)11(8-16-10)13(18)17-9-14(3-4-14)5-6-19-2/h7-8H,3-6,9H2,1-2H3,(H2,15,16)(H,17,18). The van der Waals surface area contributed by atoms with Gasteiger partial charge in [-0.1, -0.05) is 0 Å². The quantitative estimate of drug-likeness (QED) is 0.815. The third-order valence-corrected chi connectivity index (χ3v) is 3.73. The first-order chi connectivity index (χ1) is 9.06. The van der Waals surface area contributed by atoms with Crippen LogP contribution in [0, 0.1) is 12.3 Å². The van der Waals surface area contributed by atoms with Crippen LogP contribution in [0.2, 0.25) is 0 Å². The number of pyridine rings is 1. The smallest absolute Gasteiger partial charge is 0.254 e. The van der Waals surface area contributed by atoms with Gasteiger partial charge in [0.2, 0.25) is 0 Å². The van der Waals surface area contributed by atoms with E-state index in [0.717, 1.165) is 31.6 Å². The predicted octanol–water partition coefficient (Wildman–Crippen LogP) is 1.52. The summed E-state index contributed by atoms with van der Waals surface area (Å²) in [4.78, 5) is 16.2. The summed E-state index contributed by atoms with van der Waals surface area (Å²) in [6.45, 7) is 3.27. The second-order valence-corrected chi connectivity index (χ2v) is 5.34. The van der Waals surface area contributed by atoms with Gasteiger partial charge in [0.05, 0.1) is 5.56 Å². The SMILES string of the molecule is COCCC1(CNC(=O)c2cnc(C)cc2N)CC1. The Labute approximate surface area is 113 Å². The van der Waals surface area contributed by atoms with Crippen LogP contribution in [0.25, 0.3) is 0 Å². The average Bonchev–Trinajstić information content (AvgIpc) is 3.14. The zero-order chi connectivity index (χ0) is 13.9. The van der Waals surface area contributed by atoms with Gasteiger partial charge in [-0.05, 0) is 37.7 Å². The van der Waals surface area contributed by atoms with E-state index in [2.05, 4.69) is 10.3 Å². The Balaban J connectivity index is 1.91. The van der Waals surface area contributed by atoms with Gasteiger partial charge in [-0.25, -0.2) is 0 Å². The lowest BCUT2D eigenvalue weighted by atomic mass is 10.0. The third-order valence-electron chi connectivity index (χ3n) is 3.73. The number of nitrogens with zero attached hydrogens (tertiary/aromatic N) is 1. The Kier molecular flexibility index (Phi) is 4.04. The zero-order valence-corrected chi connectivity index (χ0v) is 11.5. The maximum Gasteiger partial charge on any atom is 0.254 e. The molecule has 0 bridgehead atoms. The summed E-state index contributed by atoms with van der Waals surface area (Å²) >= 11 is 0. The van der Waals surface area contributed by atoms with Crippen LogP contribution in [0.3, 0.4) is 0 Å². The first kappa shape index (κ1) is 13.8. The monoisotopic (exact) mass is 263 g/mol. The molecule has 0 unspecified atom stereocenters. The van der Waals surface area contributed by atoms with Crippen LogP contribution >= 0.6 is 0 Å². The van der Waals surface area contributed by atoms with Crippen molar-refractivity contribution < 1.29 is 9.53 Å². The molecule has 19 heavy (non-hydrogen) atoms. The highest BCUT2D eigenvalue weighted by Crippen LogP contribution is 2.48. The molecule has 5 heteroatoms. The fraction of sp³-hybridized carbons (Fsp3) is 0.571. The van der Waals surface area contributed by atoms with Crippen molar-refractivity contribution in [2.45, 2.75) is 26.2 Å². The number of nitrogens with two attached hydrogens (primary N) is 1. The van der Waals surface area contributed by atoms with Gasteiger partial charge in [0, 0.05) is 37.8 Å². The fourth-order valence-corrected chi connectivity index (χ4v) is 2.14. The lowest BCUT2D eigenvalue weighted by Gasteiger charge is -2.16. The molecule has 0 aliphatic heterocycles. The number of carbonyl (C=O) groups excluding carboxylic acids is 1. The van der Waals surface area contributed by atoms with Crippen LogP contribution in [0.5, 0.6) is 0 Å². The summed E-state index contributed by atoms with van der Waals surface area (Å²) in [6.07, 6.45) is 4.83. The molecule has 0 aromatic carbocycles. The van der Waals surface area contributed by atoms with Gasteiger partial charge in [-0.3, -0.25) is 9.78 Å². The largest absolute Gasteiger partial charge is 0.398 e. The van der Waals surface area contributed by atoms with Crippen LogP contribution in [0.4, 0.5) is 5.69 Å². The van der Waals surface area contributed by atoms with Crippen molar-refractivity contribution in [1.29, 1.82) is 0 Å². The van der Waals surface area contributed by atoms with E-state index in [1.165, 1.54) is 6.20 Å². The second-order valence-electron chi connectivity index (χ2n) is 5.34. The summed E-state index contributed by atoms with van der Waals surface area (Å²) in [5.41, 5.74) is 7.81. The molecule has 1 amide bonds. The highest BCUT2D eigenvalue weighted by Gasteiger charge is 2.42. The molecule has 0 atom stereocenters. The van der Waals surface area contributed by atoms with Crippen molar-refractivity contribution in [1.82, 2.24) is 10.3 Å². The van der Waals surface area contributed by atoms with Crippen LogP contribution in [-0.4, -0.2) is 31.2 Å². The van der Waals surface area contributed by atoms with E-state index in [0.29, 0.717) is 17.8 Å². The van der Waals surface area contributed by atoms with Crippen molar-refractivity contribution >= 4 is 11.6 Å². The topological polar surface area (TPSA) is 77.2 Å². The third kappa shape index (κ3) is 3.44. The van der Waals surface area contributed by atoms with E-state index in [9.17, 15) is 4.79 Å². The lowest BCUT2D eigenvalue weighted by molar-refractivity contribution is 0.0938. The number of aromatic nitrogens is 1. The maximum absolute atomic E-state index is 12.1. The van der Waals surface area contributed by atoms with E-state index in [-0.39, 0.29) is 11.3 Å². The fourth-order valence-electron chi connectivity index (χ4n) is 2.14. The number of anilines is 1. The Morgan fingerprint density at radius 3 is 2.89 bits per heavy atom. The summed E-state index contributed by atoms with van der Waals surface area (Å²) in [5, 5.41) is 2.96. The van der Waals surface area contributed by atoms with Crippen molar-refractivity contribution in [3.05, 3.63) is 23.5 Å². The molecule has 1 aromatic heterocycles. The predicted molar refractivity (Wildman–Crippen MR) is 73.9 cm³/mol. The summed E-state index contributed by atoms with van der Waals surface area (Å²) in [7, 11) is 1.70. The van der Waals surface area contributed by atoms with Gasteiger partial charge in [0.1, 0.15) is 0 Å². The van der Waals surface area contributed by atoms with E-state index >= 15 is 0 Å². The van der Waals surface area contributed by atoms with Crippen LogP contribution < -0.4 is 11.1 Å². The maximum atomic E-state index is 12.1. The minimum Gasteiger partial charge on any atom is -0.398 e. The van der Waals surface area contributed by atoms with Gasteiger partial charge in [0.25, 0.3) is 5.91 Å². The Morgan fingerprint density at radius 2 is 2.32 bits per heavy atom. The molecule has 5 nitrogen and oxygen atoms in total. The number of hydrogen-bond donors (Lipinski definition) is 2. The number of aryl methyl sites for hydroxylation is 1. The number of hydrogen-bond acceptors (Lipinski definition) is 4. The highest BCUT2D eigenvalue weighted by atomic mass is 16.5. The number of carbonyl (C=O) groups is 1. The molecule has 1 aliphatic carbocycles. The number of rotatable bonds is 6. The Hall–Kier alpha value is -1.62. The van der Waals surface area contributed by atoms with E-state index in [4.69, 9.17) is 10.5 Å². The molecule has 1 aliphatic rings. The molecule has 0 spiro atoms. The highest BCUT2D eigenvalue weighted by molar-refractivity contribution is 5.98. The van der Waals surface area contributed by atoms with Gasteiger partial charge in [-0.15, -0.1) is 0 Å². The van der Waals surface area contributed by atoms with Gasteiger partial charge in [-0.2, -0.15) is 0 Å². The molecule has 1 aromatic rings. The minimum absolute atomic E-state index is 0.145. The number of nitrogens with one attached hydrogen (secondary N) is 1. The lowest BCUT2D eigenvalue weighted by Crippen LogP contribution is -2.31. The first-order valence-electron chi connectivity index (χ1n) is 6.56. The molecule has 1 saturated carbocycles. The zero-order valence-electron chi connectivity index (χ0n) is 11.5. The Morgan fingerprint density at radius 1 is 1.58 bits per heavy atom. The number of methoxy groups -OCH3 is 1. The minimum atomic E-state index is -0.145. The Bertz CT molecular complexity index is 470. The molecular formula is C14H21N3O2. The first-order valence-corrected chi connectivity index (χ1v) is 6.56. The number of nitrogen functional groups attached to an aromatic ring is 1. The molecule has 104 valence electrons. The molecule has 3 N–H and O–H groups in total. The second kappa shape index (κ2) is 5.57. The van der Waals surface area contributed by atoms with Crippen molar-refractivity contribution in [2.75, 3.05) is 26.0 Å². The summed E-state index contributed by atoms with van der Waals surface area (Å²) < 4.78 is 5.10. The van der Waals surface area contributed by atoms with Crippen molar-refractivity contribution in [3.8, 4) is 0 Å². The van der Waals surface area contributed by atoms with Crippen LogP contribution in [0.15, 0.2) is 12.3 Å². The average molecular weight is 263 g/mol. The normalized spacial score (nSPS) is 16.1. The summed E-state index contributed by atoms with van der Waals surface area (Å²) in [6, 6.07) is 1.72. The van der Waals surface area contributed by atoms with Crippen molar-refractivity contribution in [3.63, 3.8) is 0 Å². The molecular weight excluding hydrogens is 242 g/mol. The molecule has 1 heterocycles. The molecule has 1 fully saturated rings. The van der Waals surface area contributed by atoms with E-state index in [1.54, 1.807) is 13.2 Å². The van der Waals surface area contributed by atoms with Gasteiger partial charge >= 0.3 is 0 Å². The molecule has 0 saturated heterocycles. The summed E-state index contributed by atoms with van der Waals surface area (Å²) in [5.74, 6) is -0.145. The number of amides is 1.